The van der Waals surface area contributed by atoms with Crippen LogP contribution in [0.4, 0.5) is 0 Å². The van der Waals surface area contributed by atoms with E-state index >= 15 is 0 Å². The van der Waals surface area contributed by atoms with Crippen molar-refractivity contribution in [2.24, 2.45) is 5.92 Å². The van der Waals surface area contributed by atoms with Gasteiger partial charge >= 0.3 is 0 Å². The molecule has 5 heteroatoms. The fourth-order valence-corrected chi connectivity index (χ4v) is 2.64. The van der Waals surface area contributed by atoms with Crippen molar-refractivity contribution < 1.29 is 9.59 Å². The molecule has 0 spiro atoms. The third kappa shape index (κ3) is 2.59. The van der Waals surface area contributed by atoms with E-state index in [0.717, 1.165) is 18.4 Å². The molecule has 0 aromatic heterocycles. The normalized spacial score (nSPS) is 23.4. The predicted molar refractivity (Wildman–Crippen MR) is 71.5 cm³/mol. The summed E-state index contributed by atoms with van der Waals surface area (Å²) in [5.74, 6) is 0.260. The van der Waals surface area contributed by atoms with Crippen molar-refractivity contribution in [1.82, 2.24) is 10.2 Å². The minimum absolute atomic E-state index is 0.0158. The molecule has 0 bridgehead atoms. The van der Waals surface area contributed by atoms with Gasteiger partial charge in [0.05, 0.1) is 6.54 Å². The molecule has 1 unspecified atom stereocenters. The first kappa shape index (κ1) is 12.5. The molecule has 100 valence electrons. The largest absolute Gasteiger partial charge is 0.342 e. The van der Waals surface area contributed by atoms with Gasteiger partial charge in [-0.05, 0) is 30.4 Å². The summed E-state index contributed by atoms with van der Waals surface area (Å²) in [6.45, 7) is 0.516. The van der Waals surface area contributed by atoms with Gasteiger partial charge in [0.15, 0.2) is 0 Å². The average Bonchev–Trinajstić information content (AvgIpc) is 3.20. The number of nitrogens with one attached hydrogen (secondary N) is 1. The van der Waals surface area contributed by atoms with Crippen molar-refractivity contribution >= 4 is 23.4 Å². The molecule has 1 N–H and O–H groups in total. The van der Waals surface area contributed by atoms with Crippen LogP contribution in [0.3, 0.4) is 0 Å². The van der Waals surface area contributed by atoms with Crippen molar-refractivity contribution in [1.29, 1.82) is 0 Å². The first-order chi connectivity index (χ1) is 9.15. The Morgan fingerprint density at radius 1 is 1.26 bits per heavy atom. The van der Waals surface area contributed by atoms with Gasteiger partial charge in [0, 0.05) is 11.6 Å². The Bertz CT molecular complexity index is 528. The van der Waals surface area contributed by atoms with Gasteiger partial charge in [-0.15, -0.1) is 0 Å². The van der Waals surface area contributed by atoms with Crippen LogP contribution in [-0.4, -0.2) is 29.3 Å². The van der Waals surface area contributed by atoms with Crippen LogP contribution in [-0.2, 0) is 16.1 Å². The summed E-state index contributed by atoms with van der Waals surface area (Å²) in [4.78, 5) is 25.6. The second kappa shape index (κ2) is 4.85. The molecule has 3 rings (SSSR count). The van der Waals surface area contributed by atoms with Crippen LogP contribution in [0.15, 0.2) is 24.3 Å². The molecule has 19 heavy (non-hydrogen) atoms. The number of piperazine rings is 1. The second-order valence-corrected chi connectivity index (χ2v) is 5.58. The Morgan fingerprint density at radius 3 is 2.68 bits per heavy atom. The molecule has 1 aromatic rings. The Balaban J connectivity index is 1.77. The molecule has 4 nitrogen and oxygen atoms in total. The summed E-state index contributed by atoms with van der Waals surface area (Å²) in [5.41, 5.74) is 0.877. The first-order valence-corrected chi connectivity index (χ1v) is 6.84. The van der Waals surface area contributed by atoms with Gasteiger partial charge in [-0.25, -0.2) is 0 Å². The Morgan fingerprint density at radius 2 is 2.00 bits per heavy atom. The van der Waals surface area contributed by atoms with Crippen LogP contribution in [0.5, 0.6) is 0 Å². The van der Waals surface area contributed by atoms with Gasteiger partial charge in [0.25, 0.3) is 0 Å². The van der Waals surface area contributed by atoms with E-state index in [4.69, 9.17) is 11.6 Å². The highest BCUT2D eigenvalue weighted by Crippen LogP contribution is 2.34. The van der Waals surface area contributed by atoms with E-state index in [1.165, 1.54) is 0 Å². The number of halogens is 1. The number of benzene rings is 1. The van der Waals surface area contributed by atoms with E-state index in [-0.39, 0.29) is 24.4 Å². The summed E-state index contributed by atoms with van der Waals surface area (Å²) in [5, 5.41) is 3.42. The Labute approximate surface area is 116 Å². The maximum atomic E-state index is 12.3. The number of hydrogen-bond donors (Lipinski definition) is 1. The summed E-state index contributed by atoms with van der Waals surface area (Å²) in [6, 6.07) is 7.08. The SMILES string of the molecule is O=C1CN(Cc2ccccc2Cl)C(=O)C(C2CC2)N1. The van der Waals surface area contributed by atoms with E-state index in [1.807, 2.05) is 18.2 Å². The van der Waals surface area contributed by atoms with Gasteiger partial charge in [-0.3, -0.25) is 9.59 Å². The molecule has 1 heterocycles. The Hall–Kier alpha value is -1.55. The fourth-order valence-electron chi connectivity index (χ4n) is 2.44. The molecule has 2 amide bonds. The van der Waals surface area contributed by atoms with E-state index in [1.54, 1.807) is 11.0 Å². The number of carbonyl (C=O) groups excluding carboxylic acids is 2. The summed E-state index contributed by atoms with van der Waals surface area (Å²) in [6.07, 6.45) is 2.05. The molecule has 1 aliphatic carbocycles. The molecular formula is C14H15ClN2O2. The Kier molecular flexibility index (Phi) is 3.19. The molecule has 2 aliphatic rings. The molecular weight excluding hydrogens is 264 g/mol. The average molecular weight is 279 g/mol. The molecule has 0 radical (unpaired) electrons. The van der Waals surface area contributed by atoms with E-state index in [0.29, 0.717) is 17.5 Å². The topological polar surface area (TPSA) is 49.4 Å². The molecule has 1 saturated carbocycles. The zero-order valence-electron chi connectivity index (χ0n) is 10.4. The summed E-state index contributed by atoms with van der Waals surface area (Å²) >= 11 is 6.10. The quantitative estimate of drug-likeness (QED) is 0.913. The smallest absolute Gasteiger partial charge is 0.246 e. The summed E-state index contributed by atoms with van der Waals surface area (Å²) in [7, 11) is 0. The van der Waals surface area contributed by atoms with E-state index in [2.05, 4.69) is 5.32 Å². The lowest BCUT2D eigenvalue weighted by Gasteiger charge is -2.32. The predicted octanol–water partition coefficient (Wildman–Crippen LogP) is 1.58. The lowest BCUT2D eigenvalue weighted by Crippen LogP contribution is -2.58. The van der Waals surface area contributed by atoms with E-state index in [9.17, 15) is 9.59 Å². The van der Waals surface area contributed by atoms with Crippen LogP contribution < -0.4 is 5.32 Å². The minimum atomic E-state index is -0.330. The fraction of sp³-hybridized carbons (Fsp3) is 0.429. The zero-order chi connectivity index (χ0) is 13.4. The van der Waals surface area contributed by atoms with Gasteiger partial charge in [0.2, 0.25) is 11.8 Å². The standard InChI is InChI=1S/C14H15ClN2O2/c15-11-4-2-1-3-10(11)7-17-8-12(18)16-13(14(17)19)9-5-6-9/h1-4,9,13H,5-8H2,(H,16,18). The van der Waals surface area contributed by atoms with Crippen LogP contribution in [0.25, 0.3) is 0 Å². The van der Waals surface area contributed by atoms with Gasteiger partial charge in [-0.2, -0.15) is 0 Å². The maximum Gasteiger partial charge on any atom is 0.246 e. The van der Waals surface area contributed by atoms with Crippen LogP contribution in [0, 0.1) is 5.92 Å². The summed E-state index contributed by atoms with van der Waals surface area (Å²) < 4.78 is 0. The van der Waals surface area contributed by atoms with Crippen LogP contribution in [0.2, 0.25) is 5.02 Å². The number of carbonyl (C=O) groups is 2. The first-order valence-electron chi connectivity index (χ1n) is 6.46. The third-order valence-corrected chi connectivity index (χ3v) is 4.01. The highest BCUT2D eigenvalue weighted by molar-refractivity contribution is 6.31. The lowest BCUT2D eigenvalue weighted by molar-refractivity contribution is -0.145. The van der Waals surface area contributed by atoms with Crippen LogP contribution >= 0.6 is 11.6 Å². The molecule has 1 aliphatic heterocycles. The van der Waals surface area contributed by atoms with Crippen molar-refractivity contribution in [3.63, 3.8) is 0 Å². The zero-order valence-corrected chi connectivity index (χ0v) is 11.2. The number of amides is 2. The highest BCUT2D eigenvalue weighted by atomic mass is 35.5. The van der Waals surface area contributed by atoms with Crippen molar-refractivity contribution in [2.75, 3.05) is 6.54 Å². The number of hydrogen-bond acceptors (Lipinski definition) is 2. The number of nitrogens with zero attached hydrogens (tertiary/aromatic N) is 1. The van der Waals surface area contributed by atoms with Gasteiger partial charge < -0.3 is 10.2 Å². The van der Waals surface area contributed by atoms with Gasteiger partial charge in [-0.1, -0.05) is 29.8 Å². The minimum Gasteiger partial charge on any atom is -0.342 e. The van der Waals surface area contributed by atoms with Crippen LogP contribution in [0.1, 0.15) is 18.4 Å². The maximum absolute atomic E-state index is 12.3. The monoisotopic (exact) mass is 278 g/mol. The van der Waals surface area contributed by atoms with Gasteiger partial charge in [0.1, 0.15) is 6.04 Å². The highest BCUT2D eigenvalue weighted by Gasteiger charge is 2.42. The molecule has 2 fully saturated rings. The van der Waals surface area contributed by atoms with E-state index < -0.39 is 0 Å². The molecule has 1 aromatic carbocycles. The van der Waals surface area contributed by atoms with Crippen molar-refractivity contribution in [2.45, 2.75) is 25.4 Å². The lowest BCUT2D eigenvalue weighted by atomic mass is 10.1. The molecule has 1 saturated heterocycles. The third-order valence-electron chi connectivity index (χ3n) is 3.64. The van der Waals surface area contributed by atoms with Crippen molar-refractivity contribution in [3.8, 4) is 0 Å². The number of rotatable bonds is 3. The second-order valence-electron chi connectivity index (χ2n) is 5.17. The molecule has 1 atom stereocenters. The van der Waals surface area contributed by atoms with Crippen molar-refractivity contribution in [3.05, 3.63) is 34.9 Å².